The van der Waals surface area contributed by atoms with Gasteiger partial charge in [-0.3, -0.25) is 9.59 Å². The standard InChI is InChI=1S/C30H39NO5/c1-30(2)21-25(31(29(30)35)18-7-5-4-6-11-28(33)34)14-17-27(32)24-10-8-9-23(20-24)19-22-12-15-26(36-3)16-13-22/h8-10,12-17,20,25,27,32H,4-7,11,18-19,21H2,1-3H3,(H,33,34)/t25-,27?/m0/s1. The topological polar surface area (TPSA) is 87.1 Å². The quantitative estimate of drug-likeness (QED) is 0.283. The third-order valence-electron chi connectivity index (χ3n) is 6.87. The molecule has 1 saturated heterocycles. The molecule has 1 aliphatic rings. The average Bonchev–Trinajstić information content (AvgIpc) is 3.07. The number of ether oxygens (including phenoxy) is 1. The zero-order chi connectivity index (χ0) is 26.1. The highest BCUT2D eigenvalue weighted by Gasteiger charge is 2.43. The van der Waals surface area contributed by atoms with Crippen molar-refractivity contribution in [3.63, 3.8) is 0 Å². The second-order valence-corrected chi connectivity index (χ2v) is 10.3. The van der Waals surface area contributed by atoms with Gasteiger partial charge < -0.3 is 19.8 Å². The van der Waals surface area contributed by atoms with Crippen LogP contribution in [0.2, 0.25) is 0 Å². The first kappa shape index (κ1) is 27.5. The molecule has 6 nitrogen and oxygen atoms in total. The second kappa shape index (κ2) is 12.7. The number of benzene rings is 2. The van der Waals surface area contributed by atoms with Crippen molar-refractivity contribution in [2.24, 2.45) is 5.41 Å². The Bertz CT molecular complexity index is 1040. The van der Waals surface area contributed by atoms with Crippen LogP contribution < -0.4 is 4.74 Å². The van der Waals surface area contributed by atoms with E-state index in [0.717, 1.165) is 42.6 Å². The van der Waals surface area contributed by atoms with Crippen LogP contribution in [0.25, 0.3) is 0 Å². The summed E-state index contributed by atoms with van der Waals surface area (Å²) in [4.78, 5) is 25.5. The number of aliphatic carboxylic acids is 1. The second-order valence-electron chi connectivity index (χ2n) is 10.3. The summed E-state index contributed by atoms with van der Waals surface area (Å²) in [7, 11) is 1.65. The van der Waals surface area contributed by atoms with Crippen LogP contribution in [0.15, 0.2) is 60.7 Å². The summed E-state index contributed by atoms with van der Waals surface area (Å²) in [6.07, 6.45) is 7.96. The van der Waals surface area contributed by atoms with Crippen molar-refractivity contribution in [2.75, 3.05) is 13.7 Å². The molecule has 0 spiro atoms. The smallest absolute Gasteiger partial charge is 0.303 e. The molecule has 1 unspecified atom stereocenters. The first-order valence-corrected chi connectivity index (χ1v) is 12.8. The van der Waals surface area contributed by atoms with Crippen LogP contribution >= 0.6 is 0 Å². The van der Waals surface area contributed by atoms with Crippen molar-refractivity contribution >= 4 is 11.9 Å². The van der Waals surface area contributed by atoms with E-state index in [1.54, 1.807) is 13.2 Å². The van der Waals surface area contributed by atoms with Gasteiger partial charge in [0.1, 0.15) is 5.75 Å². The first-order valence-electron chi connectivity index (χ1n) is 12.8. The summed E-state index contributed by atoms with van der Waals surface area (Å²) in [5, 5.41) is 19.7. The fraction of sp³-hybridized carbons (Fsp3) is 0.467. The molecule has 2 aromatic carbocycles. The number of hydrogen-bond acceptors (Lipinski definition) is 4. The number of carboxylic acids is 1. The molecule has 6 heteroatoms. The Morgan fingerprint density at radius 3 is 2.53 bits per heavy atom. The lowest BCUT2D eigenvalue weighted by Gasteiger charge is -2.23. The van der Waals surface area contributed by atoms with E-state index in [0.29, 0.717) is 19.4 Å². The van der Waals surface area contributed by atoms with Crippen LogP contribution in [0.5, 0.6) is 5.75 Å². The minimum atomic E-state index is -0.763. The van der Waals surface area contributed by atoms with Gasteiger partial charge in [0.25, 0.3) is 0 Å². The van der Waals surface area contributed by atoms with Crippen molar-refractivity contribution in [1.29, 1.82) is 0 Å². The maximum atomic E-state index is 13.0. The van der Waals surface area contributed by atoms with Crippen LogP contribution in [0.4, 0.5) is 0 Å². The Labute approximate surface area is 214 Å². The molecular weight excluding hydrogens is 454 g/mol. The van der Waals surface area contributed by atoms with Gasteiger partial charge in [-0.05, 0) is 54.5 Å². The van der Waals surface area contributed by atoms with Gasteiger partial charge >= 0.3 is 5.97 Å². The van der Waals surface area contributed by atoms with Crippen molar-refractivity contribution in [1.82, 2.24) is 4.90 Å². The van der Waals surface area contributed by atoms with E-state index in [1.165, 1.54) is 5.56 Å². The van der Waals surface area contributed by atoms with Crippen LogP contribution in [0.1, 0.15) is 75.2 Å². The maximum absolute atomic E-state index is 13.0. The largest absolute Gasteiger partial charge is 0.497 e. The van der Waals surface area contributed by atoms with E-state index >= 15 is 0 Å². The number of hydrogen-bond donors (Lipinski definition) is 2. The first-order chi connectivity index (χ1) is 17.2. The molecule has 0 radical (unpaired) electrons. The minimum Gasteiger partial charge on any atom is -0.497 e. The molecule has 2 atom stereocenters. The van der Waals surface area contributed by atoms with Crippen molar-refractivity contribution in [2.45, 2.75) is 70.9 Å². The lowest BCUT2D eigenvalue weighted by molar-refractivity contribution is -0.137. The number of aliphatic hydroxyl groups excluding tert-OH is 1. The highest BCUT2D eigenvalue weighted by Crippen LogP contribution is 2.36. The van der Waals surface area contributed by atoms with Gasteiger partial charge in [0.2, 0.25) is 5.91 Å². The molecule has 0 bridgehead atoms. The third-order valence-corrected chi connectivity index (χ3v) is 6.87. The number of rotatable bonds is 13. The van der Waals surface area contributed by atoms with Crippen molar-refractivity contribution in [3.8, 4) is 5.75 Å². The monoisotopic (exact) mass is 493 g/mol. The molecule has 3 rings (SSSR count). The van der Waals surface area contributed by atoms with Gasteiger partial charge in [0.05, 0.1) is 19.3 Å². The van der Waals surface area contributed by atoms with E-state index in [-0.39, 0.29) is 18.4 Å². The summed E-state index contributed by atoms with van der Waals surface area (Å²) in [6, 6.07) is 15.9. The molecule has 0 aromatic heterocycles. The van der Waals surface area contributed by atoms with Gasteiger partial charge in [-0.2, -0.15) is 0 Å². The predicted molar refractivity (Wildman–Crippen MR) is 141 cm³/mol. The van der Waals surface area contributed by atoms with Gasteiger partial charge in [0, 0.05) is 18.4 Å². The lowest BCUT2D eigenvalue weighted by Crippen LogP contribution is -2.35. The zero-order valence-electron chi connectivity index (χ0n) is 21.7. The predicted octanol–water partition coefficient (Wildman–Crippen LogP) is 5.54. The zero-order valence-corrected chi connectivity index (χ0v) is 21.7. The van der Waals surface area contributed by atoms with Crippen LogP contribution in [0, 0.1) is 5.41 Å². The van der Waals surface area contributed by atoms with E-state index in [2.05, 4.69) is 6.07 Å². The van der Waals surface area contributed by atoms with E-state index in [1.807, 2.05) is 67.3 Å². The molecule has 2 aromatic rings. The fourth-order valence-corrected chi connectivity index (χ4v) is 4.82. The van der Waals surface area contributed by atoms with Gasteiger partial charge in [-0.15, -0.1) is 0 Å². The Kier molecular flexibility index (Phi) is 9.71. The van der Waals surface area contributed by atoms with E-state index in [9.17, 15) is 14.7 Å². The number of methoxy groups -OCH3 is 1. The van der Waals surface area contributed by atoms with Crippen LogP contribution in [-0.4, -0.2) is 46.7 Å². The molecule has 1 fully saturated rings. The molecule has 1 amide bonds. The number of likely N-dealkylation sites (tertiary alicyclic amines) is 1. The van der Waals surface area contributed by atoms with Crippen molar-refractivity contribution < 1.29 is 24.5 Å². The maximum Gasteiger partial charge on any atom is 0.303 e. The molecule has 2 N–H and O–H groups in total. The Hall–Kier alpha value is -3.12. The Balaban J connectivity index is 1.60. The highest BCUT2D eigenvalue weighted by atomic mass is 16.5. The normalized spacial score (nSPS) is 18.1. The van der Waals surface area contributed by atoms with Crippen molar-refractivity contribution in [3.05, 3.63) is 77.4 Å². The number of carbonyl (C=O) groups excluding carboxylic acids is 1. The lowest BCUT2D eigenvalue weighted by atomic mass is 9.89. The number of nitrogens with zero attached hydrogens (tertiary/aromatic N) is 1. The molecule has 194 valence electrons. The summed E-state index contributed by atoms with van der Waals surface area (Å²) in [5.41, 5.74) is 2.68. The van der Waals surface area contributed by atoms with E-state index in [4.69, 9.17) is 9.84 Å². The number of carbonyl (C=O) groups is 2. The summed E-state index contributed by atoms with van der Waals surface area (Å²) in [6.45, 7) is 4.60. The molecule has 1 aliphatic heterocycles. The Morgan fingerprint density at radius 1 is 1.11 bits per heavy atom. The summed E-state index contributed by atoms with van der Waals surface area (Å²) < 4.78 is 5.23. The number of amides is 1. The van der Waals surface area contributed by atoms with Crippen LogP contribution in [-0.2, 0) is 16.0 Å². The minimum absolute atomic E-state index is 0.0522. The summed E-state index contributed by atoms with van der Waals surface area (Å²) >= 11 is 0. The Morgan fingerprint density at radius 2 is 1.83 bits per heavy atom. The highest BCUT2D eigenvalue weighted by molar-refractivity contribution is 5.85. The average molecular weight is 494 g/mol. The number of unbranched alkanes of at least 4 members (excludes halogenated alkanes) is 3. The molecular formula is C30H39NO5. The number of aliphatic hydroxyl groups is 1. The third kappa shape index (κ3) is 7.69. The van der Waals surface area contributed by atoms with Gasteiger partial charge in [-0.1, -0.05) is 75.2 Å². The fourth-order valence-electron chi connectivity index (χ4n) is 4.82. The molecule has 0 saturated carbocycles. The number of carboxylic acid groups (broad SMARTS) is 1. The summed E-state index contributed by atoms with van der Waals surface area (Å²) in [5.74, 6) is 0.203. The van der Waals surface area contributed by atoms with Crippen LogP contribution in [0.3, 0.4) is 0 Å². The van der Waals surface area contributed by atoms with Gasteiger partial charge in [-0.25, -0.2) is 0 Å². The molecule has 1 heterocycles. The van der Waals surface area contributed by atoms with Gasteiger partial charge in [0.15, 0.2) is 0 Å². The SMILES string of the molecule is COc1ccc(Cc2cccc(C(O)C=C[C@H]3CC(C)(C)C(=O)N3CCCCCCC(=O)O)c2)cc1. The molecule has 0 aliphatic carbocycles. The van der Waals surface area contributed by atoms with E-state index < -0.39 is 17.5 Å². The molecule has 36 heavy (non-hydrogen) atoms.